The SMILES string of the molecule is COc1ccc(CNC(=S)N2CCC[C@@H]2c2nc3ccccc3s2)cc1. The van der Waals surface area contributed by atoms with Crippen molar-refractivity contribution in [2.24, 2.45) is 0 Å². The Morgan fingerprint density at radius 2 is 2.08 bits per heavy atom. The van der Waals surface area contributed by atoms with Crippen LogP contribution in [0.5, 0.6) is 5.75 Å². The molecule has 0 bridgehead atoms. The predicted octanol–water partition coefficient (Wildman–Crippen LogP) is 4.52. The lowest BCUT2D eigenvalue weighted by atomic mass is 10.2. The van der Waals surface area contributed by atoms with Crippen LogP contribution in [-0.2, 0) is 6.54 Å². The molecule has 0 saturated carbocycles. The highest BCUT2D eigenvalue weighted by Crippen LogP contribution is 2.36. The van der Waals surface area contributed by atoms with E-state index in [1.54, 1.807) is 18.4 Å². The Labute approximate surface area is 162 Å². The third kappa shape index (κ3) is 3.52. The normalized spacial score (nSPS) is 16.8. The molecule has 6 heteroatoms. The van der Waals surface area contributed by atoms with Gasteiger partial charge in [0.05, 0.1) is 23.4 Å². The summed E-state index contributed by atoms with van der Waals surface area (Å²) in [6.45, 7) is 1.70. The van der Waals surface area contributed by atoms with Crippen LogP contribution in [0.1, 0.15) is 29.5 Å². The number of aromatic nitrogens is 1. The van der Waals surface area contributed by atoms with Crippen LogP contribution in [0.25, 0.3) is 10.2 Å². The molecule has 0 amide bonds. The number of thiazole rings is 1. The second-order valence-corrected chi connectivity index (χ2v) is 7.83. The van der Waals surface area contributed by atoms with Crippen LogP contribution in [-0.4, -0.2) is 28.7 Å². The minimum atomic E-state index is 0.281. The number of rotatable bonds is 4. The van der Waals surface area contributed by atoms with Crippen molar-refractivity contribution >= 4 is 38.9 Å². The van der Waals surface area contributed by atoms with E-state index in [2.05, 4.69) is 40.5 Å². The molecular weight excluding hydrogens is 362 g/mol. The van der Waals surface area contributed by atoms with Crippen molar-refractivity contribution in [3.05, 3.63) is 59.1 Å². The van der Waals surface area contributed by atoms with Gasteiger partial charge < -0.3 is 15.0 Å². The summed E-state index contributed by atoms with van der Waals surface area (Å²) < 4.78 is 6.45. The van der Waals surface area contributed by atoms with Crippen LogP contribution in [0, 0.1) is 0 Å². The Kier molecular flexibility index (Phi) is 5.04. The monoisotopic (exact) mass is 383 g/mol. The number of hydrogen-bond acceptors (Lipinski definition) is 4. The van der Waals surface area contributed by atoms with Gasteiger partial charge in [-0.25, -0.2) is 4.98 Å². The third-order valence-corrected chi connectivity index (χ3v) is 6.23. The standard InChI is InChI=1S/C20H21N3OS2/c1-24-15-10-8-14(9-11-15)13-21-20(25)23-12-4-6-17(23)19-22-16-5-2-3-7-18(16)26-19/h2-3,5,7-11,17H,4,6,12-13H2,1H3,(H,21,25)/t17-/m1/s1. The Hall–Kier alpha value is -2.18. The Morgan fingerprint density at radius 1 is 1.27 bits per heavy atom. The van der Waals surface area contributed by atoms with Gasteiger partial charge in [-0.3, -0.25) is 0 Å². The minimum absolute atomic E-state index is 0.281. The van der Waals surface area contributed by atoms with Crippen molar-refractivity contribution in [2.45, 2.75) is 25.4 Å². The number of benzene rings is 2. The molecule has 2 aromatic carbocycles. The zero-order valence-corrected chi connectivity index (χ0v) is 16.3. The van der Waals surface area contributed by atoms with E-state index in [1.807, 2.05) is 18.2 Å². The summed E-state index contributed by atoms with van der Waals surface area (Å²) in [6, 6.07) is 16.7. The summed E-state index contributed by atoms with van der Waals surface area (Å²) in [5.41, 5.74) is 2.26. The number of nitrogens with zero attached hydrogens (tertiary/aromatic N) is 2. The first-order chi connectivity index (χ1) is 12.7. The molecule has 2 heterocycles. The molecule has 0 aliphatic carbocycles. The molecule has 134 valence electrons. The number of fused-ring (bicyclic) bond motifs is 1. The molecule has 0 spiro atoms. The molecule has 1 aliphatic rings. The van der Waals surface area contributed by atoms with Crippen molar-refractivity contribution in [3.63, 3.8) is 0 Å². The van der Waals surface area contributed by atoms with Crippen LogP contribution in [0.3, 0.4) is 0 Å². The van der Waals surface area contributed by atoms with Crippen LogP contribution >= 0.6 is 23.6 Å². The minimum Gasteiger partial charge on any atom is -0.497 e. The van der Waals surface area contributed by atoms with Crippen molar-refractivity contribution in [1.29, 1.82) is 0 Å². The second-order valence-electron chi connectivity index (χ2n) is 6.38. The van der Waals surface area contributed by atoms with E-state index in [1.165, 1.54) is 10.3 Å². The maximum absolute atomic E-state index is 5.69. The molecule has 1 N–H and O–H groups in total. The van der Waals surface area contributed by atoms with E-state index in [9.17, 15) is 0 Å². The van der Waals surface area contributed by atoms with Gasteiger partial charge in [0.15, 0.2) is 5.11 Å². The molecule has 0 radical (unpaired) electrons. The highest BCUT2D eigenvalue weighted by Gasteiger charge is 2.30. The Morgan fingerprint density at radius 3 is 2.85 bits per heavy atom. The topological polar surface area (TPSA) is 37.4 Å². The largest absolute Gasteiger partial charge is 0.497 e. The van der Waals surface area contributed by atoms with Gasteiger partial charge in [-0.2, -0.15) is 0 Å². The first-order valence-corrected chi connectivity index (χ1v) is 10.00. The number of ether oxygens (including phenoxy) is 1. The van der Waals surface area contributed by atoms with Gasteiger partial charge in [0, 0.05) is 13.1 Å². The lowest BCUT2D eigenvalue weighted by Crippen LogP contribution is -2.38. The van der Waals surface area contributed by atoms with E-state index in [4.69, 9.17) is 21.9 Å². The van der Waals surface area contributed by atoms with E-state index < -0.39 is 0 Å². The summed E-state index contributed by atoms with van der Waals surface area (Å²) in [5.74, 6) is 0.867. The van der Waals surface area contributed by atoms with Crippen molar-refractivity contribution in [1.82, 2.24) is 15.2 Å². The number of likely N-dealkylation sites (tertiary alicyclic amines) is 1. The average molecular weight is 384 g/mol. The van der Waals surface area contributed by atoms with Gasteiger partial charge in [-0.1, -0.05) is 24.3 Å². The van der Waals surface area contributed by atoms with Crippen molar-refractivity contribution in [3.8, 4) is 5.75 Å². The van der Waals surface area contributed by atoms with Crippen LogP contribution in [0.15, 0.2) is 48.5 Å². The smallest absolute Gasteiger partial charge is 0.169 e. The summed E-state index contributed by atoms with van der Waals surface area (Å²) in [6.07, 6.45) is 2.25. The molecule has 3 aromatic rings. The third-order valence-electron chi connectivity index (χ3n) is 4.71. The van der Waals surface area contributed by atoms with E-state index in [0.717, 1.165) is 40.8 Å². The summed E-state index contributed by atoms with van der Waals surface area (Å²) in [4.78, 5) is 7.13. The molecule has 4 nitrogen and oxygen atoms in total. The predicted molar refractivity (Wildman–Crippen MR) is 111 cm³/mol. The molecular formula is C20H21N3OS2. The summed E-state index contributed by atoms with van der Waals surface area (Å²) >= 11 is 7.47. The summed E-state index contributed by atoms with van der Waals surface area (Å²) in [5, 5.41) is 5.38. The zero-order valence-electron chi connectivity index (χ0n) is 14.6. The molecule has 26 heavy (non-hydrogen) atoms. The fourth-order valence-electron chi connectivity index (χ4n) is 3.32. The van der Waals surface area contributed by atoms with Gasteiger partial charge in [0.1, 0.15) is 10.8 Å². The molecule has 1 aliphatic heterocycles. The number of para-hydroxylation sites is 1. The van der Waals surface area contributed by atoms with E-state index >= 15 is 0 Å². The average Bonchev–Trinajstić information content (AvgIpc) is 3.32. The van der Waals surface area contributed by atoms with E-state index in [-0.39, 0.29) is 6.04 Å². The van der Waals surface area contributed by atoms with E-state index in [0.29, 0.717) is 6.54 Å². The highest BCUT2D eigenvalue weighted by atomic mass is 32.1. The molecule has 0 unspecified atom stereocenters. The highest BCUT2D eigenvalue weighted by molar-refractivity contribution is 7.80. The quantitative estimate of drug-likeness (QED) is 0.671. The lowest BCUT2D eigenvalue weighted by molar-refractivity contribution is 0.392. The Bertz CT molecular complexity index is 874. The zero-order chi connectivity index (χ0) is 17.9. The number of nitrogens with one attached hydrogen (secondary N) is 1. The molecule has 1 saturated heterocycles. The fraction of sp³-hybridized carbons (Fsp3) is 0.300. The first kappa shape index (κ1) is 17.2. The first-order valence-electron chi connectivity index (χ1n) is 8.77. The van der Waals surface area contributed by atoms with Gasteiger partial charge in [0.25, 0.3) is 0 Å². The molecule has 1 aromatic heterocycles. The molecule has 4 rings (SSSR count). The second kappa shape index (κ2) is 7.60. The Balaban J connectivity index is 1.44. The van der Waals surface area contributed by atoms with Crippen LogP contribution in [0.2, 0.25) is 0 Å². The number of hydrogen-bond donors (Lipinski definition) is 1. The van der Waals surface area contributed by atoms with Crippen molar-refractivity contribution < 1.29 is 4.74 Å². The van der Waals surface area contributed by atoms with Gasteiger partial charge in [-0.05, 0) is 54.9 Å². The van der Waals surface area contributed by atoms with Gasteiger partial charge in [-0.15, -0.1) is 11.3 Å². The number of methoxy groups -OCH3 is 1. The number of thiocarbonyl (C=S) groups is 1. The summed E-state index contributed by atoms with van der Waals surface area (Å²) in [7, 11) is 1.68. The molecule has 1 atom stereocenters. The molecule has 1 fully saturated rings. The maximum Gasteiger partial charge on any atom is 0.169 e. The lowest BCUT2D eigenvalue weighted by Gasteiger charge is -2.26. The van der Waals surface area contributed by atoms with Crippen LogP contribution < -0.4 is 10.1 Å². The maximum atomic E-state index is 5.69. The van der Waals surface area contributed by atoms with Gasteiger partial charge in [0.2, 0.25) is 0 Å². The van der Waals surface area contributed by atoms with Crippen LogP contribution in [0.4, 0.5) is 0 Å². The van der Waals surface area contributed by atoms with Crippen molar-refractivity contribution in [2.75, 3.05) is 13.7 Å². The fourth-order valence-corrected chi connectivity index (χ4v) is 4.73. The van der Waals surface area contributed by atoms with Gasteiger partial charge >= 0.3 is 0 Å².